The van der Waals surface area contributed by atoms with Crippen molar-refractivity contribution in [2.75, 3.05) is 0 Å². The first-order valence-electron chi connectivity index (χ1n) is 11.7. The van der Waals surface area contributed by atoms with Crippen LogP contribution in [0.4, 0.5) is 0 Å². The number of rotatable bonds is 0. The molecule has 1 heteroatoms. The summed E-state index contributed by atoms with van der Waals surface area (Å²) < 4.78 is 0. The molecule has 0 saturated heterocycles. The molecule has 0 nitrogen and oxygen atoms in total. The van der Waals surface area contributed by atoms with Crippen LogP contribution in [0.15, 0.2) is 48.5 Å². The van der Waals surface area contributed by atoms with Crippen LogP contribution in [0.5, 0.6) is 0 Å². The molecule has 4 rings (SSSR count). The van der Waals surface area contributed by atoms with Crippen LogP contribution >= 0.6 is 0 Å². The van der Waals surface area contributed by atoms with Gasteiger partial charge < -0.3 is 0 Å². The van der Waals surface area contributed by atoms with Crippen molar-refractivity contribution in [1.82, 2.24) is 0 Å². The molecule has 0 amide bonds. The van der Waals surface area contributed by atoms with Gasteiger partial charge in [0, 0.05) is 0 Å². The van der Waals surface area contributed by atoms with Gasteiger partial charge in [0.25, 0.3) is 0 Å². The van der Waals surface area contributed by atoms with Gasteiger partial charge in [-0.3, -0.25) is 0 Å². The smallest absolute Gasteiger partial charge is 0.213 e. The van der Waals surface area contributed by atoms with Crippen LogP contribution in [0.1, 0.15) is 66.8 Å². The van der Waals surface area contributed by atoms with E-state index in [4.69, 9.17) is 0 Å². The Labute approximate surface area is 223 Å². The van der Waals surface area contributed by atoms with Gasteiger partial charge in [-0.25, -0.2) is 24.3 Å². The third kappa shape index (κ3) is 8.86. The Kier molecular flexibility index (Phi) is 13.8. The van der Waals surface area contributed by atoms with Crippen molar-refractivity contribution in [2.24, 2.45) is 0 Å². The summed E-state index contributed by atoms with van der Waals surface area (Å²) in [7, 11) is 0. The molecule has 4 aromatic rings. The third-order valence-corrected chi connectivity index (χ3v) is 7.28. The molecular formula is C32H44Zr. The average Bonchev–Trinajstić information content (AvgIpc) is 3.53. The fraction of sp³-hybridized carbons (Fsp3) is 0.375. The molecule has 0 aliphatic rings. The molecule has 0 radical (unpaired) electrons. The van der Waals surface area contributed by atoms with Crippen molar-refractivity contribution in [1.29, 1.82) is 0 Å². The van der Waals surface area contributed by atoms with Crippen molar-refractivity contribution in [3.8, 4) is 0 Å². The first-order valence-corrected chi connectivity index (χ1v) is 11.7. The summed E-state index contributed by atoms with van der Waals surface area (Å²) in [5, 5.41) is 0. The number of hydrogen-bond acceptors (Lipinski definition) is 0. The Morgan fingerprint density at radius 1 is 0.394 bits per heavy atom. The summed E-state index contributed by atoms with van der Waals surface area (Å²) in [6, 6.07) is 16.5. The van der Waals surface area contributed by atoms with Crippen LogP contribution in [0.25, 0.3) is 0 Å². The zero-order valence-corrected chi connectivity index (χ0v) is 25.6. The minimum absolute atomic E-state index is 0. The minimum Gasteiger partial charge on any atom is -0.213 e. The van der Waals surface area contributed by atoms with Crippen molar-refractivity contribution in [3.05, 3.63) is 115 Å². The van der Waals surface area contributed by atoms with Gasteiger partial charge in [-0.15, -0.1) is 0 Å². The van der Waals surface area contributed by atoms with E-state index in [2.05, 4.69) is 107 Å². The normalized spacial score (nSPS) is 9.58. The monoisotopic (exact) mass is 518 g/mol. The summed E-state index contributed by atoms with van der Waals surface area (Å²) in [5.74, 6) is 0. The standard InChI is InChI=1S/2C10H15.2C6H7.Zr/c2*1-6-7(2)9(4)10(5)8(6)3;2*1-6-4-2-3-5-6;/h2*1-5H3;2*2-5H,1H3;/q4*-1;+4. The molecule has 0 bridgehead atoms. The van der Waals surface area contributed by atoms with Gasteiger partial charge in [0.15, 0.2) is 0 Å². The second-order valence-corrected chi connectivity index (χ2v) is 9.17. The van der Waals surface area contributed by atoms with E-state index in [1.54, 1.807) is 0 Å². The summed E-state index contributed by atoms with van der Waals surface area (Å²) in [4.78, 5) is 0. The predicted molar refractivity (Wildman–Crippen MR) is 145 cm³/mol. The van der Waals surface area contributed by atoms with Gasteiger partial charge in [-0.05, 0) is 0 Å². The van der Waals surface area contributed by atoms with E-state index in [0.717, 1.165) is 0 Å². The Balaban J connectivity index is 0.000000420. The van der Waals surface area contributed by atoms with E-state index < -0.39 is 0 Å². The average molecular weight is 520 g/mol. The molecule has 176 valence electrons. The van der Waals surface area contributed by atoms with E-state index in [1.165, 1.54) is 66.8 Å². The van der Waals surface area contributed by atoms with Crippen molar-refractivity contribution < 1.29 is 26.2 Å². The predicted octanol–water partition coefficient (Wildman–Crippen LogP) is 9.32. The topological polar surface area (TPSA) is 0 Å². The van der Waals surface area contributed by atoms with E-state index in [1.807, 2.05) is 24.3 Å². The Hall–Kier alpha value is -1.72. The quantitative estimate of drug-likeness (QED) is 0.203. The van der Waals surface area contributed by atoms with Gasteiger partial charge in [-0.1, -0.05) is 83.1 Å². The van der Waals surface area contributed by atoms with Crippen LogP contribution in [-0.4, -0.2) is 0 Å². The van der Waals surface area contributed by atoms with Crippen molar-refractivity contribution >= 4 is 0 Å². The van der Waals surface area contributed by atoms with Crippen molar-refractivity contribution in [2.45, 2.75) is 83.1 Å². The molecule has 0 fully saturated rings. The zero-order chi connectivity index (χ0) is 24.6. The summed E-state index contributed by atoms with van der Waals surface area (Å²) >= 11 is 0. The summed E-state index contributed by atoms with van der Waals surface area (Å²) in [6.45, 7) is 26.2. The first kappa shape index (κ1) is 31.3. The summed E-state index contributed by atoms with van der Waals surface area (Å²) in [5.41, 5.74) is 17.4. The van der Waals surface area contributed by atoms with E-state index in [-0.39, 0.29) is 26.2 Å². The van der Waals surface area contributed by atoms with Crippen LogP contribution in [-0.2, 0) is 26.2 Å². The molecule has 4 aromatic carbocycles. The maximum atomic E-state index is 2.20. The summed E-state index contributed by atoms with van der Waals surface area (Å²) in [6.07, 6.45) is 0. The fourth-order valence-corrected chi connectivity index (χ4v) is 3.75. The van der Waals surface area contributed by atoms with Gasteiger partial charge in [0.2, 0.25) is 0 Å². The zero-order valence-electron chi connectivity index (χ0n) is 23.1. The van der Waals surface area contributed by atoms with Crippen LogP contribution in [0, 0.1) is 83.1 Å². The SMILES string of the molecule is C[c-]1cccc1.C[c-]1cccc1.Cc1c(C)c(C)[c-](C)c1C.Cc1c(C)c(C)[c-](C)c1C.[Zr+4]. The van der Waals surface area contributed by atoms with Crippen LogP contribution in [0.2, 0.25) is 0 Å². The second kappa shape index (κ2) is 14.5. The maximum Gasteiger partial charge on any atom is 4.00 e. The second-order valence-electron chi connectivity index (χ2n) is 9.17. The molecule has 0 unspecified atom stereocenters. The Morgan fingerprint density at radius 2 is 0.576 bits per heavy atom. The van der Waals surface area contributed by atoms with Gasteiger partial charge in [-0.2, -0.15) is 91.0 Å². The Bertz CT molecular complexity index is 812. The van der Waals surface area contributed by atoms with Crippen LogP contribution in [0.3, 0.4) is 0 Å². The number of aryl methyl sites for hydroxylation is 2. The molecule has 0 aliphatic heterocycles. The molecule has 0 aromatic heterocycles. The molecule has 0 atom stereocenters. The maximum absolute atomic E-state index is 2.20. The van der Waals surface area contributed by atoms with Crippen LogP contribution < -0.4 is 0 Å². The fourth-order valence-electron chi connectivity index (χ4n) is 3.75. The third-order valence-electron chi connectivity index (χ3n) is 7.28. The molecule has 0 saturated carbocycles. The van der Waals surface area contributed by atoms with E-state index in [9.17, 15) is 0 Å². The van der Waals surface area contributed by atoms with E-state index in [0.29, 0.717) is 0 Å². The molecule has 0 aliphatic carbocycles. The largest absolute Gasteiger partial charge is 4.00 e. The van der Waals surface area contributed by atoms with E-state index >= 15 is 0 Å². The Morgan fingerprint density at radius 3 is 0.636 bits per heavy atom. The van der Waals surface area contributed by atoms with Gasteiger partial charge in [0.1, 0.15) is 0 Å². The first-order chi connectivity index (χ1) is 14.9. The molecule has 0 N–H and O–H groups in total. The minimum atomic E-state index is 0. The van der Waals surface area contributed by atoms with Crippen molar-refractivity contribution in [3.63, 3.8) is 0 Å². The van der Waals surface area contributed by atoms with Gasteiger partial charge in [0.05, 0.1) is 0 Å². The molecule has 0 heterocycles. The van der Waals surface area contributed by atoms with Gasteiger partial charge >= 0.3 is 26.2 Å². The molecule has 0 spiro atoms. The molecule has 33 heavy (non-hydrogen) atoms. The number of hydrogen-bond donors (Lipinski definition) is 0. The molecular weight excluding hydrogens is 476 g/mol.